The highest BCUT2D eigenvalue weighted by Crippen LogP contribution is 2.28. The molecule has 0 bridgehead atoms. The SMILES string of the molecule is CCOc1cc(CS(N)(=O)=O)ccc1OC. The third kappa shape index (κ3) is 3.71. The highest BCUT2D eigenvalue weighted by Gasteiger charge is 2.09. The van der Waals surface area contributed by atoms with E-state index in [4.69, 9.17) is 14.6 Å². The van der Waals surface area contributed by atoms with E-state index in [1.54, 1.807) is 18.2 Å². The lowest BCUT2D eigenvalue weighted by atomic mass is 10.2. The molecule has 0 aliphatic carbocycles. The van der Waals surface area contributed by atoms with Crippen LogP contribution in [0.5, 0.6) is 11.5 Å². The fourth-order valence-electron chi connectivity index (χ4n) is 1.31. The van der Waals surface area contributed by atoms with E-state index in [0.717, 1.165) is 0 Å². The average Bonchev–Trinajstić information content (AvgIpc) is 2.16. The summed E-state index contributed by atoms with van der Waals surface area (Å²) in [4.78, 5) is 0. The Hall–Kier alpha value is -1.27. The molecular formula is C10H15NO4S. The summed E-state index contributed by atoms with van der Waals surface area (Å²) in [5, 5.41) is 4.96. The smallest absolute Gasteiger partial charge is 0.213 e. The second-order valence-electron chi connectivity index (χ2n) is 3.23. The van der Waals surface area contributed by atoms with Gasteiger partial charge in [0.15, 0.2) is 11.5 Å². The van der Waals surface area contributed by atoms with E-state index in [9.17, 15) is 8.42 Å². The molecule has 0 heterocycles. The van der Waals surface area contributed by atoms with E-state index >= 15 is 0 Å². The Bertz CT molecular complexity index is 456. The van der Waals surface area contributed by atoms with Crippen LogP contribution in [0.3, 0.4) is 0 Å². The predicted octanol–water partition coefficient (Wildman–Crippen LogP) is 0.882. The number of sulfonamides is 1. The first kappa shape index (κ1) is 12.8. The number of methoxy groups -OCH3 is 1. The third-order valence-corrected chi connectivity index (χ3v) is 2.63. The number of ether oxygens (including phenoxy) is 2. The van der Waals surface area contributed by atoms with Gasteiger partial charge in [0.05, 0.1) is 19.5 Å². The fraction of sp³-hybridized carbons (Fsp3) is 0.400. The first-order valence-electron chi connectivity index (χ1n) is 4.76. The number of primary sulfonamides is 1. The quantitative estimate of drug-likeness (QED) is 0.835. The van der Waals surface area contributed by atoms with Crippen LogP contribution in [-0.4, -0.2) is 22.1 Å². The van der Waals surface area contributed by atoms with Crippen LogP contribution in [0.1, 0.15) is 12.5 Å². The minimum atomic E-state index is -3.52. The molecule has 0 atom stereocenters. The largest absolute Gasteiger partial charge is 0.493 e. The van der Waals surface area contributed by atoms with Gasteiger partial charge in [-0.2, -0.15) is 0 Å². The minimum Gasteiger partial charge on any atom is -0.493 e. The maximum Gasteiger partial charge on any atom is 0.213 e. The van der Waals surface area contributed by atoms with Gasteiger partial charge in [0.1, 0.15) is 0 Å². The van der Waals surface area contributed by atoms with Gasteiger partial charge in [0.25, 0.3) is 0 Å². The number of hydrogen-bond donors (Lipinski definition) is 1. The molecule has 6 heteroatoms. The summed E-state index contributed by atoms with van der Waals surface area (Å²) in [6.45, 7) is 2.32. The maximum atomic E-state index is 10.9. The van der Waals surface area contributed by atoms with Crippen LogP contribution in [0.15, 0.2) is 18.2 Å². The van der Waals surface area contributed by atoms with Crippen molar-refractivity contribution < 1.29 is 17.9 Å². The van der Waals surface area contributed by atoms with E-state index in [1.165, 1.54) is 7.11 Å². The van der Waals surface area contributed by atoms with Crippen LogP contribution >= 0.6 is 0 Å². The van der Waals surface area contributed by atoms with Crippen molar-refractivity contribution in [1.82, 2.24) is 0 Å². The molecule has 0 amide bonds. The lowest BCUT2D eigenvalue weighted by Crippen LogP contribution is -2.14. The van der Waals surface area contributed by atoms with Gasteiger partial charge >= 0.3 is 0 Å². The normalized spacial score (nSPS) is 11.2. The lowest BCUT2D eigenvalue weighted by molar-refractivity contribution is 0.310. The highest BCUT2D eigenvalue weighted by atomic mass is 32.2. The Labute approximate surface area is 95.2 Å². The first-order valence-corrected chi connectivity index (χ1v) is 6.48. The van der Waals surface area contributed by atoms with Gasteiger partial charge in [0, 0.05) is 0 Å². The Morgan fingerprint density at radius 1 is 1.31 bits per heavy atom. The number of nitrogens with two attached hydrogens (primary N) is 1. The number of hydrogen-bond acceptors (Lipinski definition) is 4. The van der Waals surface area contributed by atoms with Crippen LogP contribution in [0.2, 0.25) is 0 Å². The van der Waals surface area contributed by atoms with Crippen molar-refractivity contribution in [3.05, 3.63) is 23.8 Å². The van der Waals surface area contributed by atoms with Crippen LogP contribution in [-0.2, 0) is 15.8 Å². The van der Waals surface area contributed by atoms with Crippen molar-refractivity contribution in [2.24, 2.45) is 5.14 Å². The van der Waals surface area contributed by atoms with Crippen molar-refractivity contribution >= 4 is 10.0 Å². The van der Waals surface area contributed by atoms with Crippen LogP contribution < -0.4 is 14.6 Å². The van der Waals surface area contributed by atoms with Crippen molar-refractivity contribution in [2.45, 2.75) is 12.7 Å². The maximum absolute atomic E-state index is 10.9. The van der Waals surface area contributed by atoms with E-state index < -0.39 is 10.0 Å². The molecule has 0 aliphatic rings. The van der Waals surface area contributed by atoms with Crippen LogP contribution in [0.4, 0.5) is 0 Å². The molecule has 0 spiro atoms. The Balaban J connectivity index is 3.02. The monoisotopic (exact) mass is 245 g/mol. The molecule has 16 heavy (non-hydrogen) atoms. The van der Waals surface area contributed by atoms with Crippen molar-refractivity contribution in [1.29, 1.82) is 0 Å². The average molecular weight is 245 g/mol. The van der Waals surface area contributed by atoms with Gasteiger partial charge < -0.3 is 9.47 Å². The van der Waals surface area contributed by atoms with Crippen LogP contribution in [0.25, 0.3) is 0 Å². The van der Waals surface area contributed by atoms with Gasteiger partial charge in [-0.05, 0) is 24.6 Å². The van der Waals surface area contributed by atoms with E-state index in [1.807, 2.05) is 6.92 Å². The Morgan fingerprint density at radius 2 is 2.00 bits per heavy atom. The van der Waals surface area contributed by atoms with E-state index in [0.29, 0.717) is 23.7 Å². The predicted molar refractivity (Wildman–Crippen MR) is 61.0 cm³/mol. The number of benzene rings is 1. The summed E-state index contributed by atoms with van der Waals surface area (Å²) in [6, 6.07) is 4.92. The molecular weight excluding hydrogens is 230 g/mol. The molecule has 2 N–H and O–H groups in total. The molecule has 0 saturated heterocycles. The second-order valence-corrected chi connectivity index (χ2v) is 4.84. The van der Waals surface area contributed by atoms with Gasteiger partial charge in [-0.1, -0.05) is 6.07 Å². The molecule has 1 rings (SSSR count). The molecule has 0 saturated carbocycles. The highest BCUT2D eigenvalue weighted by molar-refractivity contribution is 7.88. The molecule has 0 aliphatic heterocycles. The second kappa shape index (κ2) is 5.18. The minimum absolute atomic E-state index is 0.211. The van der Waals surface area contributed by atoms with Gasteiger partial charge in [-0.3, -0.25) is 0 Å². The fourth-order valence-corrected chi connectivity index (χ4v) is 1.96. The summed E-state index contributed by atoms with van der Waals surface area (Å²) in [7, 11) is -2.00. The molecule has 1 aromatic carbocycles. The molecule has 0 aromatic heterocycles. The van der Waals surface area contributed by atoms with Crippen molar-refractivity contribution in [2.75, 3.05) is 13.7 Å². The molecule has 90 valence electrons. The van der Waals surface area contributed by atoms with Gasteiger partial charge in [-0.25, -0.2) is 13.6 Å². The standard InChI is InChI=1S/C10H15NO4S/c1-3-15-10-6-8(7-16(11,12)13)4-5-9(10)14-2/h4-6H,3,7H2,1-2H3,(H2,11,12,13). The van der Waals surface area contributed by atoms with E-state index in [-0.39, 0.29) is 5.75 Å². The molecule has 0 radical (unpaired) electrons. The first-order chi connectivity index (χ1) is 7.46. The summed E-state index contributed by atoms with van der Waals surface area (Å²) in [5.41, 5.74) is 0.576. The van der Waals surface area contributed by atoms with Crippen molar-refractivity contribution in [3.8, 4) is 11.5 Å². The van der Waals surface area contributed by atoms with Gasteiger partial charge in [0.2, 0.25) is 10.0 Å². The zero-order valence-corrected chi connectivity index (χ0v) is 10.1. The Kier molecular flexibility index (Phi) is 4.14. The summed E-state index contributed by atoms with van der Waals surface area (Å²) in [5.74, 6) is 0.878. The third-order valence-electron chi connectivity index (χ3n) is 1.90. The summed E-state index contributed by atoms with van der Waals surface area (Å²) < 4.78 is 32.3. The van der Waals surface area contributed by atoms with Crippen molar-refractivity contribution in [3.63, 3.8) is 0 Å². The molecule has 5 nitrogen and oxygen atoms in total. The van der Waals surface area contributed by atoms with Crippen LogP contribution in [0, 0.1) is 0 Å². The Morgan fingerprint density at radius 3 is 2.50 bits per heavy atom. The van der Waals surface area contributed by atoms with E-state index in [2.05, 4.69) is 0 Å². The molecule has 0 fully saturated rings. The molecule has 1 aromatic rings. The van der Waals surface area contributed by atoms with Gasteiger partial charge in [-0.15, -0.1) is 0 Å². The zero-order valence-electron chi connectivity index (χ0n) is 9.26. The zero-order chi connectivity index (χ0) is 12.2. The topological polar surface area (TPSA) is 78.6 Å². The molecule has 0 unspecified atom stereocenters. The number of rotatable bonds is 5. The summed E-state index contributed by atoms with van der Waals surface area (Å²) >= 11 is 0. The lowest BCUT2D eigenvalue weighted by Gasteiger charge is -2.10. The summed E-state index contributed by atoms with van der Waals surface area (Å²) in [6.07, 6.45) is 0.